The van der Waals surface area contributed by atoms with Gasteiger partial charge in [-0.3, -0.25) is 14.2 Å². The number of fused-ring (bicyclic) bond motifs is 1. The summed E-state index contributed by atoms with van der Waals surface area (Å²) in [4.78, 5) is 33.3. The van der Waals surface area contributed by atoms with Crippen LogP contribution in [0.5, 0.6) is 0 Å². The van der Waals surface area contributed by atoms with Crippen LogP contribution in [0.4, 0.5) is 24.7 Å². The molecule has 222 valence electrons. The number of rotatable bonds is 5. The number of aromatic nitrogens is 2. The van der Waals surface area contributed by atoms with E-state index in [0.29, 0.717) is 54.2 Å². The molecule has 0 radical (unpaired) electrons. The van der Waals surface area contributed by atoms with Crippen molar-refractivity contribution in [3.63, 3.8) is 0 Å². The maximum atomic E-state index is 15.6. The van der Waals surface area contributed by atoms with Crippen molar-refractivity contribution < 1.29 is 18.0 Å². The maximum Gasteiger partial charge on any atom is 0.282 e. The number of benzene rings is 1. The third-order valence-electron chi connectivity index (χ3n) is 8.09. The predicted molar refractivity (Wildman–Crippen MR) is 157 cm³/mol. The number of nitrogens with zero attached hydrogens (tertiary/aromatic N) is 4. The second-order valence-electron chi connectivity index (χ2n) is 11.6. The zero-order valence-electron chi connectivity index (χ0n) is 24.9. The van der Waals surface area contributed by atoms with E-state index in [4.69, 9.17) is 0 Å². The molecule has 41 heavy (non-hydrogen) atoms. The summed E-state index contributed by atoms with van der Waals surface area (Å²) in [5.74, 6) is 0.176. The molecule has 10 heteroatoms. The molecule has 5 rings (SSSR count). The molecule has 0 spiro atoms. The number of aryl methyl sites for hydroxylation is 3. The van der Waals surface area contributed by atoms with Crippen molar-refractivity contribution in [2.24, 2.45) is 12.5 Å². The largest absolute Gasteiger partial charge is 0.384 e. The van der Waals surface area contributed by atoms with Gasteiger partial charge in [-0.1, -0.05) is 18.6 Å². The van der Waals surface area contributed by atoms with Gasteiger partial charge in [0, 0.05) is 55.8 Å². The Hall–Kier alpha value is -3.56. The van der Waals surface area contributed by atoms with Crippen LogP contribution in [0.15, 0.2) is 29.1 Å². The Morgan fingerprint density at radius 1 is 1.17 bits per heavy atom. The quantitative estimate of drug-likeness (QED) is 0.414. The molecule has 1 aromatic carbocycles. The maximum absolute atomic E-state index is 15.6. The van der Waals surface area contributed by atoms with Gasteiger partial charge < -0.3 is 15.1 Å². The van der Waals surface area contributed by atoms with Crippen molar-refractivity contribution in [2.45, 2.75) is 66.9 Å². The van der Waals surface area contributed by atoms with Crippen LogP contribution in [-0.2, 0) is 11.8 Å². The molecule has 1 aliphatic heterocycles. The predicted octanol–water partition coefficient (Wildman–Crippen LogP) is 5.89. The van der Waals surface area contributed by atoms with Crippen molar-refractivity contribution in [1.82, 2.24) is 14.5 Å². The van der Waals surface area contributed by atoms with Crippen molar-refractivity contribution in [2.75, 3.05) is 36.4 Å². The first-order valence-electron chi connectivity index (χ1n) is 14.1. The van der Waals surface area contributed by atoms with E-state index in [2.05, 4.69) is 10.3 Å². The van der Waals surface area contributed by atoms with E-state index in [-0.39, 0.29) is 34.4 Å². The first-order chi connectivity index (χ1) is 19.3. The van der Waals surface area contributed by atoms with Gasteiger partial charge >= 0.3 is 0 Å². The van der Waals surface area contributed by atoms with Crippen LogP contribution in [0.2, 0.25) is 0 Å². The Morgan fingerprint density at radius 3 is 2.44 bits per heavy atom. The highest BCUT2D eigenvalue weighted by Crippen LogP contribution is 2.47. The average molecular weight is 572 g/mol. The highest BCUT2D eigenvalue weighted by atomic mass is 19.3. The van der Waals surface area contributed by atoms with Crippen molar-refractivity contribution in [1.29, 1.82) is 0 Å². The van der Waals surface area contributed by atoms with Crippen LogP contribution in [0.3, 0.4) is 0 Å². The molecule has 2 fully saturated rings. The van der Waals surface area contributed by atoms with E-state index >= 15 is 4.39 Å². The van der Waals surface area contributed by atoms with Crippen molar-refractivity contribution in [3.05, 3.63) is 63.0 Å². The zero-order valence-corrected chi connectivity index (χ0v) is 24.9. The molecular formula is C31H40F3N5O2. The van der Waals surface area contributed by atoms with Crippen LogP contribution in [0, 0.1) is 32.0 Å². The summed E-state index contributed by atoms with van der Waals surface area (Å²) in [5, 5.41) is 3.67. The molecule has 7 nitrogen and oxygen atoms in total. The topological polar surface area (TPSA) is 70.5 Å². The van der Waals surface area contributed by atoms with Gasteiger partial charge in [-0.25, -0.2) is 18.2 Å². The third-order valence-corrected chi connectivity index (χ3v) is 8.09. The molecule has 0 bridgehead atoms. The number of pyridine rings is 2. The fraction of sp³-hybridized carbons (Fsp3) is 0.516. The minimum atomic E-state index is -2.52. The fourth-order valence-electron chi connectivity index (χ4n) is 5.60. The van der Waals surface area contributed by atoms with E-state index < -0.39 is 6.43 Å². The summed E-state index contributed by atoms with van der Waals surface area (Å²) in [6, 6.07) is 6.98. The van der Waals surface area contributed by atoms with Gasteiger partial charge in [0.25, 0.3) is 12.0 Å². The molecule has 1 amide bonds. The molecule has 0 unspecified atom stereocenters. The standard InChI is InChI=1S/C22H28FN3O2.C9H12F2N2/c1-13-10-14(2)17-16(11-13)20(27)24(5)19(18(17)23)25-8-9-26(15(3)12-25)21(28)22(4)6-7-22;1-3-12-7-5-4-6(2)13-8(7)9(10)11/h10-11,15H,6-9,12H2,1-5H3;4-5,9,12H,3H2,1-2H3/t15-;/m1./s1. The number of carbonyl (C=O) groups excluding carboxylic acids is 1. The summed E-state index contributed by atoms with van der Waals surface area (Å²) < 4.78 is 41.9. The number of amides is 1. The second kappa shape index (κ2) is 11.7. The lowest BCUT2D eigenvalue weighted by Crippen LogP contribution is -2.56. The summed E-state index contributed by atoms with van der Waals surface area (Å²) in [5.41, 5.74) is 2.20. The van der Waals surface area contributed by atoms with E-state index in [1.165, 1.54) is 4.57 Å². The first kappa shape index (κ1) is 30.4. The van der Waals surface area contributed by atoms with Gasteiger partial charge in [-0.05, 0) is 71.2 Å². The summed E-state index contributed by atoms with van der Waals surface area (Å²) in [6.07, 6.45) is -0.620. The Bertz CT molecular complexity index is 1520. The number of hydrogen-bond donors (Lipinski definition) is 1. The molecule has 1 aliphatic carbocycles. The average Bonchev–Trinajstić information content (AvgIpc) is 3.66. The van der Waals surface area contributed by atoms with Crippen molar-refractivity contribution in [3.8, 4) is 0 Å². The molecule has 1 N–H and O–H groups in total. The van der Waals surface area contributed by atoms with Gasteiger partial charge in [-0.15, -0.1) is 0 Å². The van der Waals surface area contributed by atoms with E-state index in [9.17, 15) is 18.4 Å². The summed E-state index contributed by atoms with van der Waals surface area (Å²) in [6.45, 7) is 13.5. The minimum absolute atomic E-state index is 0.0250. The SMILES string of the molecule is CCNc1ccc(C)nc1C(F)F.Cc1cc(C)c2c(F)c(N3CCN(C(=O)C4(C)CC4)[C@H](C)C3)n(C)c(=O)c2c1. The van der Waals surface area contributed by atoms with Gasteiger partial charge in [-0.2, -0.15) is 0 Å². The molecule has 1 atom stereocenters. The lowest BCUT2D eigenvalue weighted by atomic mass is 10.0. The highest BCUT2D eigenvalue weighted by molar-refractivity contribution is 5.89. The van der Waals surface area contributed by atoms with E-state index in [1.807, 2.05) is 50.5 Å². The Morgan fingerprint density at radius 2 is 1.85 bits per heavy atom. The van der Waals surface area contributed by atoms with Crippen LogP contribution in [0.1, 0.15) is 62.6 Å². The second-order valence-corrected chi connectivity index (χ2v) is 11.6. The molecule has 1 saturated carbocycles. The minimum Gasteiger partial charge on any atom is -0.384 e. The number of alkyl halides is 2. The van der Waals surface area contributed by atoms with Crippen LogP contribution in [-0.4, -0.2) is 52.6 Å². The number of hydrogen-bond acceptors (Lipinski definition) is 5. The van der Waals surface area contributed by atoms with E-state index in [0.717, 1.165) is 24.0 Å². The van der Waals surface area contributed by atoms with Gasteiger partial charge in [0.1, 0.15) is 11.5 Å². The summed E-state index contributed by atoms with van der Waals surface area (Å²) in [7, 11) is 1.63. The highest BCUT2D eigenvalue weighted by Gasteiger charge is 2.48. The Balaban J connectivity index is 0.000000251. The van der Waals surface area contributed by atoms with E-state index in [1.54, 1.807) is 32.2 Å². The normalized spacial score (nSPS) is 17.9. The lowest BCUT2D eigenvalue weighted by molar-refractivity contribution is -0.138. The Kier molecular flexibility index (Phi) is 8.70. The third kappa shape index (κ3) is 6.06. The number of nitrogens with one attached hydrogen (secondary N) is 1. The number of carbonyl (C=O) groups is 1. The van der Waals surface area contributed by atoms with Crippen LogP contribution in [0.25, 0.3) is 10.8 Å². The molecule has 2 aliphatic rings. The van der Waals surface area contributed by atoms with Gasteiger partial charge in [0.2, 0.25) is 5.91 Å². The zero-order chi connectivity index (χ0) is 30.2. The molecular weight excluding hydrogens is 531 g/mol. The smallest absolute Gasteiger partial charge is 0.282 e. The lowest BCUT2D eigenvalue weighted by Gasteiger charge is -2.42. The van der Waals surface area contributed by atoms with Gasteiger partial charge in [0.05, 0.1) is 11.1 Å². The molecule has 3 heterocycles. The number of halogens is 3. The fourth-order valence-corrected chi connectivity index (χ4v) is 5.60. The monoisotopic (exact) mass is 571 g/mol. The number of piperazine rings is 1. The number of anilines is 2. The van der Waals surface area contributed by atoms with Crippen LogP contribution >= 0.6 is 0 Å². The first-order valence-corrected chi connectivity index (χ1v) is 14.1. The van der Waals surface area contributed by atoms with Gasteiger partial charge in [0.15, 0.2) is 5.82 Å². The van der Waals surface area contributed by atoms with Crippen LogP contribution < -0.4 is 15.8 Å². The molecule has 3 aromatic rings. The summed E-state index contributed by atoms with van der Waals surface area (Å²) >= 11 is 0. The molecule has 1 saturated heterocycles. The van der Waals surface area contributed by atoms with Crippen molar-refractivity contribution >= 4 is 28.2 Å². The Labute approximate surface area is 239 Å². The molecule has 2 aromatic heterocycles.